The molecule has 6 heteroatoms. The molecule has 5 aromatic carbocycles. The third-order valence-electron chi connectivity index (χ3n) is 8.68. The molecule has 0 atom stereocenters. The van der Waals surface area contributed by atoms with Crippen LogP contribution in [0.25, 0.3) is 75.8 Å². The number of hydrogen-bond acceptors (Lipinski definition) is 2. The van der Waals surface area contributed by atoms with E-state index in [4.69, 9.17) is 13.1 Å². The van der Waals surface area contributed by atoms with Gasteiger partial charge in [0.25, 0.3) is 0 Å². The standard InChI is InChI=1S/C40H24N6/c1-24-17-26(18-25(2)44-24)34-22-37(45-35-11-7-5-9-30(35)32-15-13-28(42-3)20-39(32)45)27(23-41)19-38(34)46-36-12-8-6-10-31(36)33-16-14-29(43-4)21-40(33)46/h5-22H,1-2H3. The largest absolute Gasteiger partial charge is 0.310 e. The lowest BCUT2D eigenvalue weighted by molar-refractivity contribution is 1.11. The summed E-state index contributed by atoms with van der Waals surface area (Å²) in [5.74, 6) is 0. The molecule has 0 fully saturated rings. The molecule has 0 aliphatic rings. The van der Waals surface area contributed by atoms with Crippen molar-refractivity contribution in [2.24, 2.45) is 0 Å². The molecule has 0 aliphatic heterocycles. The predicted octanol–water partition coefficient (Wildman–Crippen LogP) is 10.5. The van der Waals surface area contributed by atoms with Crippen molar-refractivity contribution in [3.05, 3.63) is 149 Å². The van der Waals surface area contributed by atoms with Gasteiger partial charge in [-0.25, -0.2) is 9.69 Å². The fraction of sp³-hybridized carbons (Fsp3) is 0.0500. The molecule has 0 aliphatic carbocycles. The molecule has 214 valence electrons. The van der Waals surface area contributed by atoms with Gasteiger partial charge in [0.15, 0.2) is 11.4 Å². The molecule has 0 spiro atoms. The summed E-state index contributed by atoms with van der Waals surface area (Å²) in [7, 11) is 0. The maximum atomic E-state index is 10.8. The number of nitriles is 1. The first-order chi connectivity index (χ1) is 22.5. The Bertz CT molecular complexity index is 2680. The van der Waals surface area contributed by atoms with Crippen LogP contribution < -0.4 is 0 Å². The van der Waals surface area contributed by atoms with Crippen molar-refractivity contribution in [2.75, 3.05) is 0 Å². The number of para-hydroxylation sites is 2. The lowest BCUT2D eigenvalue weighted by Gasteiger charge is -2.19. The molecular formula is C40H24N6. The monoisotopic (exact) mass is 588 g/mol. The lowest BCUT2D eigenvalue weighted by Crippen LogP contribution is -2.04. The van der Waals surface area contributed by atoms with E-state index in [2.05, 4.69) is 72.3 Å². The highest BCUT2D eigenvalue weighted by molar-refractivity contribution is 6.12. The summed E-state index contributed by atoms with van der Waals surface area (Å²) in [5.41, 5.74) is 10.5. The molecular weight excluding hydrogens is 564 g/mol. The van der Waals surface area contributed by atoms with Gasteiger partial charge in [-0.05, 0) is 67.9 Å². The molecule has 3 heterocycles. The van der Waals surface area contributed by atoms with Crippen molar-refractivity contribution in [3.8, 4) is 28.6 Å². The molecule has 46 heavy (non-hydrogen) atoms. The third kappa shape index (κ3) is 3.97. The molecule has 8 rings (SSSR count). The van der Waals surface area contributed by atoms with Crippen LogP contribution in [0.3, 0.4) is 0 Å². The number of aryl methyl sites for hydroxylation is 2. The fourth-order valence-electron chi connectivity index (χ4n) is 6.83. The summed E-state index contributed by atoms with van der Waals surface area (Å²) in [6.45, 7) is 19.4. The van der Waals surface area contributed by atoms with Gasteiger partial charge in [0, 0.05) is 49.5 Å². The molecule has 3 aromatic heterocycles. The topological polar surface area (TPSA) is 55.3 Å². The number of rotatable bonds is 3. The molecule has 0 radical (unpaired) electrons. The van der Waals surface area contributed by atoms with Gasteiger partial charge in [-0.2, -0.15) is 5.26 Å². The fourth-order valence-corrected chi connectivity index (χ4v) is 6.83. The zero-order valence-electron chi connectivity index (χ0n) is 25.1. The normalized spacial score (nSPS) is 11.2. The number of fused-ring (bicyclic) bond motifs is 6. The van der Waals surface area contributed by atoms with Gasteiger partial charge in [-0.15, -0.1) is 0 Å². The molecule has 0 N–H and O–H groups in total. The van der Waals surface area contributed by atoms with Crippen LogP contribution in [0.4, 0.5) is 11.4 Å². The highest BCUT2D eigenvalue weighted by Crippen LogP contribution is 2.42. The molecule has 0 saturated carbocycles. The highest BCUT2D eigenvalue weighted by atomic mass is 15.0. The molecule has 8 aromatic rings. The minimum Gasteiger partial charge on any atom is -0.310 e. The summed E-state index contributed by atoms with van der Waals surface area (Å²) in [6, 6.07) is 38.6. The minimum atomic E-state index is 0.490. The molecule has 0 bridgehead atoms. The molecule has 0 amide bonds. The van der Waals surface area contributed by atoms with Gasteiger partial charge in [-0.3, -0.25) is 4.98 Å². The second kappa shape index (κ2) is 10.2. The van der Waals surface area contributed by atoms with Crippen LogP contribution in [-0.2, 0) is 0 Å². The first-order valence-electron chi connectivity index (χ1n) is 14.8. The van der Waals surface area contributed by atoms with E-state index in [0.29, 0.717) is 16.9 Å². The van der Waals surface area contributed by atoms with Crippen molar-refractivity contribution >= 4 is 55.0 Å². The van der Waals surface area contributed by atoms with Crippen LogP contribution in [-0.4, -0.2) is 14.1 Å². The number of nitrogens with zero attached hydrogens (tertiary/aromatic N) is 6. The zero-order valence-corrected chi connectivity index (χ0v) is 25.1. The van der Waals surface area contributed by atoms with E-state index in [1.807, 2.05) is 80.6 Å². The van der Waals surface area contributed by atoms with Crippen LogP contribution in [0, 0.1) is 38.3 Å². The van der Waals surface area contributed by atoms with Gasteiger partial charge in [0.05, 0.1) is 41.1 Å². The van der Waals surface area contributed by atoms with Gasteiger partial charge in [-0.1, -0.05) is 60.7 Å². The first-order valence-corrected chi connectivity index (χ1v) is 14.8. The highest BCUT2D eigenvalue weighted by Gasteiger charge is 2.22. The summed E-state index contributed by atoms with van der Waals surface area (Å²) in [4.78, 5) is 12.1. The number of aromatic nitrogens is 3. The van der Waals surface area contributed by atoms with E-state index < -0.39 is 0 Å². The summed E-state index contributed by atoms with van der Waals surface area (Å²) >= 11 is 0. The number of benzene rings is 5. The van der Waals surface area contributed by atoms with E-state index in [-0.39, 0.29) is 0 Å². The van der Waals surface area contributed by atoms with Crippen molar-refractivity contribution in [1.82, 2.24) is 14.1 Å². The van der Waals surface area contributed by atoms with Crippen LogP contribution in [0.2, 0.25) is 0 Å². The Kier molecular flexibility index (Phi) is 5.97. The molecule has 0 saturated heterocycles. The van der Waals surface area contributed by atoms with Crippen molar-refractivity contribution in [2.45, 2.75) is 13.8 Å². The van der Waals surface area contributed by atoms with Crippen molar-refractivity contribution < 1.29 is 0 Å². The van der Waals surface area contributed by atoms with Crippen LogP contribution in [0.1, 0.15) is 17.0 Å². The first kappa shape index (κ1) is 26.9. The van der Waals surface area contributed by atoms with E-state index in [1.165, 1.54) is 0 Å². The predicted molar refractivity (Wildman–Crippen MR) is 185 cm³/mol. The van der Waals surface area contributed by atoms with E-state index >= 15 is 0 Å². The zero-order chi connectivity index (χ0) is 31.5. The van der Waals surface area contributed by atoms with Crippen LogP contribution >= 0.6 is 0 Å². The summed E-state index contributed by atoms with van der Waals surface area (Å²) in [5, 5.41) is 14.9. The van der Waals surface area contributed by atoms with E-state index in [1.54, 1.807) is 0 Å². The number of hydrogen-bond donors (Lipinski definition) is 0. The van der Waals surface area contributed by atoms with E-state index in [0.717, 1.165) is 77.5 Å². The SMILES string of the molecule is [C-]#[N+]c1ccc2c3ccccc3n(-c3cc(-c4cc(C)nc(C)c4)c(-n4c5ccccc5c5ccc([N+]#[C-])cc54)cc3C#N)c2c1. The Morgan fingerprint density at radius 3 is 1.61 bits per heavy atom. The Balaban J connectivity index is 1.56. The summed E-state index contributed by atoms with van der Waals surface area (Å²) in [6.07, 6.45) is 0. The second-order valence-corrected chi connectivity index (χ2v) is 11.5. The smallest absolute Gasteiger partial charge is 0.189 e. The molecule has 0 unspecified atom stereocenters. The lowest BCUT2D eigenvalue weighted by atomic mass is 9.98. The Labute approximate surface area is 265 Å². The van der Waals surface area contributed by atoms with Gasteiger partial charge >= 0.3 is 0 Å². The second-order valence-electron chi connectivity index (χ2n) is 11.5. The maximum absolute atomic E-state index is 10.8. The maximum Gasteiger partial charge on any atom is 0.189 e. The summed E-state index contributed by atoms with van der Waals surface area (Å²) < 4.78 is 4.28. The Morgan fingerprint density at radius 2 is 1.09 bits per heavy atom. The minimum absolute atomic E-state index is 0.490. The average Bonchev–Trinajstić information content (AvgIpc) is 3.59. The van der Waals surface area contributed by atoms with Crippen molar-refractivity contribution in [1.29, 1.82) is 5.26 Å². The van der Waals surface area contributed by atoms with E-state index in [9.17, 15) is 5.26 Å². The van der Waals surface area contributed by atoms with Gasteiger partial charge in [0.1, 0.15) is 6.07 Å². The van der Waals surface area contributed by atoms with Gasteiger partial charge in [0.2, 0.25) is 0 Å². The van der Waals surface area contributed by atoms with Gasteiger partial charge < -0.3 is 9.13 Å². The average molecular weight is 589 g/mol. The Hall–Kier alpha value is -6.68. The quantitative estimate of drug-likeness (QED) is 0.193. The van der Waals surface area contributed by atoms with Crippen LogP contribution in [0.15, 0.2) is 109 Å². The Morgan fingerprint density at radius 1 is 0.587 bits per heavy atom. The molecule has 6 nitrogen and oxygen atoms in total. The number of pyridine rings is 1. The van der Waals surface area contributed by atoms with Crippen LogP contribution in [0.5, 0.6) is 0 Å². The third-order valence-corrected chi connectivity index (χ3v) is 8.68. The van der Waals surface area contributed by atoms with Crippen molar-refractivity contribution in [3.63, 3.8) is 0 Å².